The van der Waals surface area contributed by atoms with Crippen LogP contribution in [0.2, 0.25) is 0 Å². The zero-order chi connectivity index (χ0) is 19.9. The molecule has 1 aliphatic carbocycles. The number of nitrogens with one attached hydrogen (secondary N) is 2. The molecule has 3 rings (SSSR count). The van der Waals surface area contributed by atoms with Crippen LogP contribution in [0, 0.1) is 19.8 Å². The van der Waals surface area contributed by atoms with Gasteiger partial charge in [0, 0.05) is 17.3 Å². The van der Waals surface area contributed by atoms with Gasteiger partial charge in [-0.05, 0) is 68.1 Å². The lowest BCUT2D eigenvalue weighted by atomic mass is 9.88. The third-order valence-corrected chi connectivity index (χ3v) is 5.24. The van der Waals surface area contributed by atoms with Gasteiger partial charge >= 0.3 is 0 Å². The third-order valence-electron chi connectivity index (χ3n) is 5.24. The fourth-order valence-electron chi connectivity index (χ4n) is 3.43. The number of anilines is 2. The molecular formula is C23H28N2O3. The lowest BCUT2D eigenvalue weighted by Gasteiger charge is -2.20. The van der Waals surface area contributed by atoms with Crippen LogP contribution in [-0.4, -0.2) is 18.4 Å². The second-order valence-electron chi connectivity index (χ2n) is 7.49. The average molecular weight is 380 g/mol. The van der Waals surface area contributed by atoms with E-state index >= 15 is 0 Å². The summed E-state index contributed by atoms with van der Waals surface area (Å²) in [5.74, 6) is 0.598. The largest absolute Gasteiger partial charge is 0.484 e. The van der Waals surface area contributed by atoms with Crippen molar-refractivity contribution in [3.63, 3.8) is 0 Å². The first-order valence-corrected chi connectivity index (χ1v) is 9.92. The van der Waals surface area contributed by atoms with Crippen molar-refractivity contribution in [1.82, 2.24) is 0 Å². The Bertz CT molecular complexity index is 841. The minimum Gasteiger partial charge on any atom is -0.484 e. The van der Waals surface area contributed by atoms with Crippen LogP contribution in [0.4, 0.5) is 11.4 Å². The van der Waals surface area contributed by atoms with Gasteiger partial charge in [-0.25, -0.2) is 0 Å². The molecule has 0 heterocycles. The van der Waals surface area contributed by atoms with Gasteiger partial charge in [0.1, 0.15) is 5.75 Å². The van der Waals surface area contributed by atoms with E-state index in [0.29, 0.717) is 17.1 Å². The highest BCUT2D eigenvalue weighted by Crippen LogP contribution is 2.25. The van der Waals surface area contributed by atoms with Crippen LogP contribution >= 0.6 is 0 Å². The Kier molecular flexibility index (Phi) is 6.69. The molecule has 0 atom stereocenters. The molecule has 2 aromatic carbocycles. The second kappa shape index (κ2) is 9.40. The summed E-state index contributed by atoms with van der Waals surface area (Å²) in [6, 6.07) is 13.0. The van der Waals surface area contributed by atoms with Crippen LogP contribution in [-0.2, 0) is 9.59 Å². The summed E-state index contributed by atoms with van der Waals surface area (Å²) in [6.07, 6.45) is 5.37. The molecule has 1 fully saturated rings. The monoisotopic (exact) mass is 380 g/mol. The van der Waals surface area contributed by atoms with Gasteiger partial charge in [-0.1, -0.05) is 31.4 Å². The summed E-state index contributed by atoms with van der Waals surface area (Å²) in [4.78, 5) is 24.6. The number of hydrogen-bond donors (Lipinski definition) is 2. The van der Waals surface area contributed by atoms with Gasteiger partial charge in [-0.15, -0.1) is 0 Å². The van der Waals surface area contributed by atoms with E-state index in [1.807, 2.05) is 44.2 Å². The summed E-state index contributed by atoms with van der Waals surface area (Å²) in [5, 5.41) is 5.79. The molecular weight excluding hydrogens is 352 g/mol. The number of aryl methyl sites for hydroxylation is 2. The summed E-state index contributed by atoms with van der Waals surface area (Å²) in [5.41, 5.74) is 3.64. The standard InChI is InChI=1S/C23H28N2O3/c1-16-11-12-21(13-17(16)2)28-15-22(26)24-19-9-6-10-20(14-19)25-23(27)18-7-4-3-5-8-18/h6,9-14,18H,3-5,7-8,15H2,1-2H3,(H,24,26)(H,25,27). The average Bonchev–Trinajstić information content (AvgIpc) is 2.70. The van der Waals surface area contributed by atoms with Crippen molar-refractivity contribution in [2.24, 2.45) is 5.92 Å². The van der Waals surface area contributed by atoms with Crippen LogP contribution in [0.15, 0.2) is 42.5 Å². The van der Waals surface area contributed by atoms with E-state index < -0.39 is 0 Å². The molecule has 5 heteroatoms. The van der Waals surface area contributed by atoms with Gasteiger partial charge in [0.05, 0.1) is 0 Å². The summed E-state index contributed by atoms with van der Waals surface area (Å²) in [6.45, 7) is 3.97. The molecule has 0 bridgehead atoms. The number of amides is 2. The maximum atomic E-state index is 12.4. The van der Waals surface area contributed by atoms with E-state index in [0.717, 1.165) is 31.2 Å². The predicted octanol–water partition coefficient (Wildman–Crippen LogP) is 4.84. The van der Waals surface area contributed by atoms with E-state index in [1.165, 1.54) is 12.0 Å². The number of ether oxygens (including phenoxy) is 1. The smallest absolute Gasteiger partial charge is 0.262 e. The number of carbonyl (C=O) groups excluding carboxylic acids is 2. The van der Waals surface area contributed by atoms with Crippen LogP contribution in [0.25, 0.3) is 0 Å². The molecule has 148 valence electrons. The number of benzene rings is 2. The summed E-state index contributed by atoms with van der Waals surface area (Å²) in [7, 11) is 0. The summed E-state index contributed by atoms with van der Waals surface area (Å²) < 4.78 is 5.57. The Morgan fingerprint density at radius 3 is 2.36 bits per heavy atom. The first-order valence-electron chi connectivity index (χ1n) is 9.92. The maximum Gasteiger partial charge on any atom is 0.262 e. The molecule has 2 aromatic rings. The van der Waals surface area contributed by atoms with Crippen molar-refractivity contribution in [2.45, 2.75) is 46.0 Å². The zero-order valence-corrected chi connectivity index (χ0v) is 16.6. The van der Waals surface area contributed by atoms with E-state index in [4.69, 9.17) is 4.74 Å². The van der Waals surface area contributed by atoms with Crippen LogP contribution < -0.4 is 15.4 Å². The molecule has 0 radical (unpaired) electrons. The maximum absolute atomic E-state index is 12.4. The SMILES string of the molecule is Cc1ccc(OCC(=O)Nc2cccc(NC(=O)C3CCCCC3)c2)cc1C. The van der Waals surface area contributed by atoms with Gasteiger partial charge in [0.15, 0.2) is 6.61 Å². The third kappa shape index (κ3) is 5.59. The minimum atomic E-state index is -0.242. The summed E-state index contributed by atoms with van der Waals surface area (Å²) >= 11 is 0. The molecule has 5 nitrogen and oxygen atoms in total. The quantitative estimate of drug-likeness (QED) is 0.753. The van der Waals surface area contributed by atoms with Crippen molar-refractivity contribution < 1.29 is 14.3 Å². The number of rotatable bonds is 6. The lowest BCUT2D eigenvalue weighted by Crippen LogP contribution is -2.25. The van der Waals surface area contributed by atoms with E-state index in [1.54, 1.807) is 12.1 Å². The van der Waals surface area contributed by atoms with Crippen molar-refractivity contribution in [2.75, 3.05) is 17.2 Å². The predicted molar refractivity (Wildman–Crippen MR) is 112 cm³/mol. The van der Waals surface area contributed by atoms with Crippen LogP contribution in [0.5, 0.6) is 5.75 Å². The number of carbonyl (C=O) groups is 2. The normalized spacial score (nSPS) is 14.4. The Labute approximate surface area is 166 Å². The molecule has 1 aliphatic rings. The van der Waals surface area contributed by atoms with Gasteiger partial charge < -0.3 is 15.4 Å². The Balaban J connectivity index is 1.52. The number of hydrogen-bond acceptors (Lipinski definition) is 3. The molecule has 0 aliphatic heterocycles. The molecule has 0 saturated heterocycles. The Morgan fingerprint density at radius 2 is 1.64 bits per heavy atom. The first kappa shape index (κ1) is 19.9. The van der Waals surface area contributed by atoms with Crippen molar-refractivity contribution in [1.29, 1.82) is 0 Å². The van der Waals surface area contributed by atoms with Crippen molar-refractivity contribution in [3.8, 4) is 5.75 Å². The zero-order valence-electron chi connectivity index (χ0n) is 16.6. The molecule has 2 N–H and O–H groups in total. The Hall–Kier alpha value is -2.82. The minimum absolute atomic E-state index is 0.0683. The van der Waals surface area contributed by atoms with Crippen molar-refractivity contribution >= 4 is 23.2 Å². The lowest BCUT2D eigenvalue weighted by molar-refractivity contribution is -0.120. The van der Waals surface area contributed by atoms with Gasteiger partial charge in [0.25, 0.3) is 5.91 Å². The van der Waals surface area contributed by atoms with Gasteiger partial charge in [-0.3, -0.25) is 9.59 Å². The fraction of sp³-hybridized carbons (Fsp3) is 0.391. The van der Waals surface area contributed by atoms with Crippen molar-refractivity contribution in [3.05, 3.63) is 53.6 Å². The molecule has 28 heavy (non-hydrogen) atoms. The highest BCUT2D eigenvalue weighted by atomic mass is 16.5. The fourth-order valence-corrected chi connectivity index (χ4v) is 3.43. The first-order chi connectivity index (χ1) is 13.5. The Morgan fingerprint density at radius 1 is 0.929 bits per heavy atom. The highest BCUT2D eigenvalue weighted by Gasteiger charge is 2.21. The molecule has 0 unspecified atom stereocenters. The van der Waals surface area contributed by atoms with Crippen LogP contribution in [0.1, 0.15) is 43.2 Å². The molecule has 0 spiro atoms. The van der Waals surface area contributed by atoms with Crippen LogP contribution in [0.3, 0.4) is 0 Å². The van der Waals surface area contributed by atoms with Gasteiger partial charge in [0.2, 0.25) is 5.91 Å². The van der Waals surface area contributed by atoms with Gasteiger partial charge in [-0.2, -0.15) is 0 Å². The highest BCUT2D eigenvalue weighted by molar-refractivity contribution is 5.95. The molecule has 1 saturated carbocycles. The van der Waals surface area contributed by atoms with E-state index in [2.05, 4.69) is 10.6 Å². The molecule has 0 aromatic heterocycles. The molecule has 2 amide bonds. The van der Waals surface area contributed by atoms with E-state index in [9.17, 15) is 9.59 Å². The van der Waals surface area contributed by atoms with E-state index in [-0.39, 0.29) is 24.3 Å². The topological polar surface area (TPSA) is 67.4 Å². The second-order valence-corrected chi connectivity index (χ2v) is 7.49.